The van der Waals surface area contributed by atoms with Crippen molar-refractivity contribution in [3.8, 4) is 0 Å². The first-order chi connectivity index (χ1) is 9.87. The molecule has 1 aliphatic rings. The van der Waals surface area contributed by atoms with Crippen LogP contribution < -0.4 is 5.19 Å². The average Bonchev–Trinajstić information content (AvgIpc) is 2.82. The van der Waals surface area contributed by atoms with Gasteiger partial charge in [0.25, 0.3) is 0 Å². The largest absolute Gasteiger partial charge is 0.475 e. The van der Waals surface area contributed by atoms with E-state index in [2.05, 4.69) is 59.7 Å². The van der Waals surface area contributed by atoms with Gasteiger partial charge in [-0.2, -0.15) is 0 Å². The number of benzene rings is 1. The number of rotatable bonds is 5. The van der Waals surface area contributed by atoms with Crippen LogP contribution in [0.15, 0.2) is 23.2 Å². The van der Waals surface area contributed by atoms with Crippen LogP contribution in [-0.4, -0.2) is 26.1 Å². The van der Waals surface area contributed by atoms with Crippen molar-refractivity contribution in [3.63, 3.8) is 0 Å². The molecule has 0 spiro atoms. The zero-order valence-electron chi connectivity index (χ0n) is 14.4. The zero-order chi connectivity index (χ0) is 15.7. The molecule has 1 aromatic carbocycles. The second-order valence-electron chi connectivity index (χ2n) is 6.91. The maximum Gasteiger partial charge on any atom is 0.216 e. The van der Waals surface area contributed by atoms with Crippen LogP contribution in [0.3, 0.4) is 0 Å². The lowest BCUT2D eigenvalue weighted by molar-refractivity contribution is 0.279. The van der Waals surface area contributed by atoms with Crippen molar-refractivity contribution < 1.29 is 4.74 Å². The van der Waals surface area contributed by atoms with Gasteiger partial charge in [0, 0.05) is 5.56 Å². The SMILES string of the molecule is CC[Si](CC)(CC)c1ccc(C)cc1C1=NC(C)(C)CO1. The van der Waals surface area contributed by atoms with Crippen LogP contribution in [0, 0.1) is 6.92 Å². The molecule has 0 N–H and O–H groups in total. The lowest BCUT2D eigenvalue weighted by Crippen LogP contribution is -2.48. The van der Waals surface area contributed by atoms with Gasteiger partial charge in [-0.3, -0.25) is 0 Å². The second kappa shape index (κ2) is 5.96. The minimum Gasteiger partial charge on any atom is -0.475 e. The topological polar surface area (TPSA) is 21.6 Å². The summed E-state index contributed by atoms with van der Waals surface area (Å²) in [6.45, 7) is 14.2. The Labute approximate surface area is 130 Å². The van der Waals surface area contributed by atoms with Crippen molar-refractivity contribution >= 4 is 19.2 Å². The van der Waals surface area contributed by atoms with Gasteiger partial charge in [0.2, 0.25) is 5.90 Å². The molecule has 2 rings (SSSR count). The summed E-state index contributed by atoms with van der Waals surface area (Å²) >= 11 is 0. The maximum absolute atomic E-state index is 5.95. The number of nitrogens with zero attached hydrogens (tertiary/aromatic N) is 1. The van der Waals surface area contributed by atoms with E-state index < -0.39 is 8.07 Å². The number of ether oxygens (including phenoxy) is 1. The Morgan fingerprint density at radius 3 is 2.24 bits per heavy atom. The minimum absolute atomic E-state index is 0.0921. The Kier molecular flexibility index (Phi) is 4.62. The van der Waals surface area contributed by atoms with E-state index in [4.69, 9.17) is 9.73 Å². The van der Waals surface area contributed by atoms with Crippen LogP contribution in [0.25, 0.3) is 0 Å². The van der Waals surface area contributed by atoms with Gasteiger partial charge in [-0.05, 0) is 32.0 Å². The first kappa shape index (κ1) is 16.3. The van der Waals surface area contributed by atoms with E-state index >= 15 is 0 Å². The highest BCUT2D eigenvalue weighted by atomic mass is 28.3. The van der Waals surface area contributed by atoms with Crippen LogP contribution in [0.1, 0.15) is 45.7 Å². The van der Waals surface area contributed by atoms with Crippen LogP contribution in [0.4, 0.5) is 0 Å². The van der Waals surface area contributed by atoms with Crippen molar-refractivity contribution in [3.05, 3.63) is 29.3 Å². The molecule has 1 aromatic rings. The van der Waals surface area contributed by atoms with Crippen molar-refractivity contribution in [2.45, 2.75) is 65.2 Å². The lowest BCUT2D eigenvalue weighted by atomic mass is 10.1. The van der Waals surface area contributed by atoms with Gasteiger partial charge < -0.3 is 4.74 Å². The van der Waals surface area contributed by atoms with Crippen LogP contribution >= 0.6 is 0 Å². The third kappa shape index (κ3) is 3.08. The first-order valence-electron chi connectivity index (χ1n) is 8.21. The molecule has 1 heterocycles. The molecular formula is C18H29NOSi. The number of hydrogen-bond acceptors (Lipinski definition) is 2. The molecule has 0 atom stereocenters. The summed E-state index contributed by atoms with van der Waals surface area (Å²) in [6.07, 6.45) is 0. The molecule has 2 nitrogen and oxygen atoms in total. The van der Waals surface area contributed by atoms with Gasteiger partial charge in [-0.25, -0.2) is 4.99 Å². The van der Waals surface area contributed by atoms with E-state index in [-0.39, 0.29) is 5.54 Å². The fraction of sp³-hybridized carbons (Fsp3) is 0.611. The van der Waals surface area contributed by atoms with Crippen molar-refractivity contribution in [1.29, 1.82) is 0 Å². The van der Waals surface area contributed by atoms with Crippen molar-refractivity contribution in [1.82, 2.24) is 0 Å². The highest BCUT2D eigenvalue weighted by molar-refractivity contribution is 6.92. The zero-order valence-corrected chi connectivity index (χ0v) is 15.4. The molecule has 116 valence electrons. The summed E-state index contributed by atoms with van der Waals surface area (Å²) in [5.74, 6) is 0.867. The molecule has 0 unspecified atom stereocenters. The molecule has 0 saturated heterocycles. The Bertz CT molecular complexity index is 536. The Morgan fingerprint density at radius 2 is 1.76 bits per heavy atom. The first-order valence-corrected chi connectivity index (χ1v) is 10.8. The summed E-state index contributed by atoms with van der Waals surface area (Å²) in [5.41, 5.74) is 2.46. The van der Waals surface area contributed by atoms with Crippen molar-refractivity contribution in [2.75, 3.05) is 6.61 Å². The minimum atomic E-state index is -1.44. The summed E-state index contributed by atoms with van der Waals surface area (Å²) in [6, 6.07) is 10.7. The average molecular weight is 304 g/mol. The van der Waals surface area contributed by atoms with E-state index in [1.165, 1.54) is 34.4 Å². The quantitative estimate of drug-likeness (QED) is 0.745. The molecule has 0 bridgehead atoms. The van der Waals surface area contributed by atoms with Crippen molar-refractivity contribution in [2.24, 2.45) is 4.99 Å². The fourth-order valence-corrected chi connectivity index (χ4v) is 7.17. The van der Waals surface area contributed by atoms with Gasteiger partial charge >= 0.3 is 0 Å². The lowest BCUT2D eigenvalue weighted by Gasteiger charge is -2.31. The molecule has 1 aliphatic heterocycles. The van der Waals surface area contributed by atoms with Gasteiger partial charge in [0.15, 0.2) is 0 Å². The smallest absolute Gasteiger partial charge is 0.216 e. The molecule has 0 radical (unpaired) electrons. The fourth-order valence-electron chi connectivity index (χ4n) is 3.34. The number of hydrogen-bond donors (Lipinski definition) is 0. The standard InChI is InChI=1S/C18H29NOSi/c1-7-21(8-2,9-3)16-11-10-14(4)12-15(16)17-19-18(5,6)13-20-17/h10-12H,7-9,13H2,1-6H3. The second-order valence-corrected chi connectivity index (χ2v) is 12.1. The summed E-state index contributed by atoms with van der Waals surface area (Å²) in [4.78, 5) is 4.83. The third-order valence-corrected chi connectivity index (χ3v) is 10.6. The number of aliphatic imine (C=N–C) groups is 1. The van der Waals surface area contributed by atoms with E-state index in [0.29, 0.717) is 6.61 Å². The predicted octanol–water partition coefficient (Wildman–Crippen LogP) is 4.27. The highest BCUT2D eigenvalue weighted by Crippen LogP contribution is 2.26. The molecular weight excluding hydrogens is 274 g/mol. The third-order valence-electron chi connectivity index (χ3n) is 4.97. The van der Waals surface area contributed by atoms with E-state index in [0.717, 1.165) is 5.90 Å². The Morgan fingerprint density at radius 1 is 1.14 bits per heavy atom. The Balaban J connectivity index is 2.58. The molecule has 21 heavy (non-hydrogen) atoms. The highest BCUT2D eigenvalue weighted by Gasteiger charge is 2.35. The van der Waals surface area contributed by atoms with Gasteiger partial charge in [-0.1, -0.05) is 56.6 Å². The van der Waals surface area contributed by atoms with E-state index in [1.807, 2.05) is 0 Å². The van der Waals surface area contributed by atoms with Crippen LogP contribution in [0.5, 0.6) is 0 Å². The van der Waals surface area contributed by atoms with Crippen LogP contribution in [-0.2, 0) is 4.74 Å². The Hall–Kier alpha value is -1.09. The van der Waals surface area contributed by atoms with Gasteiger partial charge in [0.05, 0.1) is 13.6 Å². The normalized spacial score (nSPS) is 17.5. The molecule has 0 amide bonds. The molecule has 0 aliphatic carbocycles. The molecule has 0 fully saturated rings. The van der Waals surface area contributed by atoms with E-state index in [9.17, 15) is 0 Å². The molecule has 0 aromatic heterocycles. The summed E-state index contributed by atoms with van der Waals surface area (Å²) in [5, 5.41) is 1.54. The maximum atomic E-state index is 5.95. The molecule has 0 saturated carbocycles. The monoisotopic (exact) mass is 303 g/mol. The van der Waals surface area contributed by atoms with E-state index in [1.54, 1.807) is 0 Å². The summed E-state index contributed by atoms with van der Waals surface area (Å²) in [7, 11) is -1.44. The summed E-state index contributed by atoms with van der Waals surface area (Å²) < 4.78 is 5.95. The number of aryl methyl sites for hydroxylation is 1. The van der Waals surface area contributed by atoms with Gasteiger partial charge in [-0.15, -0.1) is 0 Å². The van der Waals surface area contributed by atoms with Crippen LogP contribution in [0.2, 0.25) is 18.1 Å². The predicted molar refractivity (Wildman–Crippen MR) is 94.6 cm³/mol. The molecule has 3 heteroatoms. The van der Waals surface area contributed by atoms with Gasteiger partial charge in [0.1, 0.15) is 6.61 Å².